The Balaban J connectivity index is 1.40. The molecule has 6 nitrogen and oxygen atoms in total. The number of nitrogens with zero attached hydrogens (tertiary/aromatic N) is 3. The first-order valence-electron chi connectivity index (χ1n) is 11.3. The zero-order valence-electron chi connectivity index (χ0n) is 19.6. The Morgan fingerprint density at radius 2 is 2.03 bits per heavy atom. The highest BCUT2D eigenvalue weighted by Crippen LogP contribution is 2.39. The van der Waals surface area contributed by atoms with Crippen LogP contribution in [0.1, 0.15) is 45.2 Å². The van der Waals surface area contributed by atoms with Gasteiger partial charge in [-0.3, -0.25) is 9.78 Å². The molecule has 0 spiro atoms. The van der Waals surface area contributed by atoms with Crippen LogP contribution in [0, 0.1) is 0 Å². The summed E-state index contributed by atoms with van der Waals surface area (Å²) in [5.41, 5.74) is 7.87. The minimum atomic E-state index is -0.330. The van der Waals surface area contributed by atoms with Crippen LogP contribution in [0.4, 0.5) is 5.69 Å². The number of benzene rings is 2. The number of anilines is 1. The number of carbonyl (C=O) groups is 1. The van der Waals surface area contributed by atoms with Crippen LogP contribution in [0.15, 0.2) is 65.9 Å². The van der Waals surface area contributed by atoms with E-state index in [9.17, 15) is 4.79 Å². The maximum Gasteiger partial charge on any atom is 0.277 e. The molecule has 6 heteroatoms. The van der Waals surface area contributed by atoms with Gasteiger partial charge in [0.15, 0.2) is 6.61 Å². The Labute approximate surface area is 195 Å². The Morgan fingerprint density at radius 1 is 1.21 bits per heavy atom. The van der Waals surface area contributed by atoms with Crippen molar-refractivity contribution in [1.29, 1.82) is 0 Å². The Bertz CT molecular complexity index is 1220. The number of nitrogens with one attached hydrogen (secondary N) is 1. The Hall–Kier alpha value is -3.67. The van der Waals surface area contributed by atoms with Gasteiger partial charge in [-0.25, -0.2) is 5.43 Å². The monoisotopic (exact) mass is 442 g/mol. The van der Waals surface area contributed by atoms with Gasteiger partial charge in [0.1, 0.15) is 11.3 Å². The molecule has 3 aromatic rings. The average Bonchev–Trinajstić information content (AvgIpc) is 2.80. The predicted molar refractivity (Wildman–Crippen MR) is 135 cm³/mol. The summed E-state index contributed by atoms with van der Waals surface area (Å²) in [7, 11) is 0. The minimum absolute atomic E-state index is 0.0176. The number of amides is 1. The number of aromatic nitrogens is 1. The van der Waals surface area contributed by atoms with E-state index in [-0.39, 0.29) is 18.1 Å². The number of pyridine rings is 1. The second-order valence-electron chi connectivity index (χ2n) is 8.82. The number of carbonyl (C=O) groups excluding carboxylic acids is 1. The molecule has 0 aliphatic carbocycles. The van der Waals surface area contributed by atoms with Gasteiger partial charge in [-0.1, -0.05) is 37.3 Å². The maximum atomic E-state index is 12.2. The molecule has 1 N–H and O–H groups in total. The largest absolute Gasteiger partial charge is 0.481 e. The lowest BCUT2D eigenvalue weighted by Crippen LogP contribution is -2.45. The molecule has 0 fully saturated rings. The third kappa shape index (κ3) is 4.90. The molecule has 2 heterocycles. The Morgan fingerprint density at radius 3 is 2.85 bits per heavy atom. The highest BCUT2D eigenvalue weighted by molar-refractivity contribution is 5.89. The third-order valence-corrected chi connectivity index (χ3v) is 5.81. The van der Waals surface area contributed by atoms with Crippen LogP contribution < -0.4 is 15.1 Å². The number of ether oxygens (including phenoxy) is 1. The van der Waals surface area contributed by atoms with Gasteiger partial charge in [0.2, 0.25) is 0 Å². The van der Waals surface area contributed by atoms with Crippen molar-refractivity contribution in [3.05, 3.63) is 71.9 Å². The van der Waals surface area contributed by atoms with Gasteiger partial charge in [0.05, 0.1) is 11.8 Å². The molecule has 33 heavy (non-hydrogen) atoms. The van der Waals surface area contributed by atoms with Gasteiger partial charge >= 0.3 is 0 Å². The van der Waals surface area contributed by atoms with Crippen molar-refractivity contribution in [2.45, 2.75) is 39.7 Å². The van der Waals surface area contributed by atoms with Crippen LogP contribution in [-0.2, 0) is 4.79 Å². The van der Waals surface area contributed by atoms with Gasteiger partial charge < -0.3 is 9.64 Å². The normalized spacial score (nSPS) is 14.8. The van der Waals surface area contributed by atoms with E-state index in [4.69, 9.17) is 4.74 Å². The number of rotatable bonds is 7. The third-order valence-electron chi connectivity index (χ3n) is 5.81. The van der Waals surface area contributed by atoms with Crippen LogP contribution >= 0.6 is 0 Å². The van der Waals surface area contributed by atoms with Crippen molar-refractivity contribution in [3.63, 3.8) is 0 Å². The van der Waals surface area contributed by atoms with Gasteiger partial charge in [-0.05, 0) is 62.6 Å². The number of allylic oxidation sites excluding steroid dienone is 1. The van der Waals surface area contributed by atoms with E-state index in [0.29, 0.717) is 5.75 Å². The summed E-state index contributed by atoms with van der Waals surface area (Å²) in [6, 6.07) is 15.8. The van der Waals surface area contributed by atoms with E-state index < -0.39 is 0 Å². The van der Waals surface area contributed by atoms with Gasteiger partial charge in [-0.2, -0.15) is 5.10 Å². The topological polar surface area (TPSA) is 66.8 Å². The van der Waals surface area contributed by atoms with Crippen molar-refractivity contribution >= 4 is 34.3 Å². The minimum Gasteiger partial charge on any atom is -0.481 e. The maximum absolute atomic E-state index is 12.2. The van der Waals surface area contributed by atoms with Crippen molar-refractivity contribution in [3.8, 4) is 5.75 Å². The summed E-state index contributed by atoms with van der Waals surface area (Å²) in [5, 5.41) is 5.08. The smallest absolute Gasteiger partial charge is 0.277 e. The predicted octanol–water partition coefficient (Wildman–Crippen LogP) is 5.18. The summed E-state index contributed by atoms with van der Waals surface area (Å²) in [6.45, 7) is 9.70. The number of para-hydroxylation sites is 1. The highest BCUT2D eigenvalue weighted by Gasteiger charge is 2.30. The molecule has 1 aromatic heterocycles. The zero-order chi connectivity index (χ0) is 23.4. The summed E-state index contributed by atoms with van der Waals surface area (Å²) in [4.78, 5) is 19.0. The number of fused-ring (bicyclic) bond motifs is 2. The SMILES string of the molecule is CCCN1c2ccc(/C=N\NC(=O)COc3cccc4cccnc34)cc2C(C)=CC1(C)C. The molecule has 4 rings (SSSR count). The quantitative estimate of drug-likeness (QED) is 0.405. The van der Waals surface area contributed by atoms with E-state index in [1.54, 1.807) is 18.5 Å². The first-order chi connectivity index (χ1) is 15.9. The first-order valence-corrected chi connectivity index (χ1v) is 11.3. The lowest BCUT2D eigenvalue weighted by atomic mass is 9.88. The van der Waals surface area contributed by atoms with Crippen LogP contribution in [0.25, 0.3) is 16.5 Å². The molecule has 0 saturated heterocycles. The molecule has 0 bridgehead atoms. The fourth-order valence-electron chi connectivity index (χ4n) is 4.36. The molecule has 0 atom stereocenters. The summed E-state index contributed by atoms with van der Waals surface area (Å²) in [6.07, 6.45) is 6.77. The van der Waals surface area contributed by atoms with E-state index in [0.717, 1.165) is 29.4 Å². The molecule has 1 amide bonds. The highest BCUT2D eigenvalue weighted by atomic mass is 16.5. The second-order valence-corrected chi connectivity index (χ2v) is 8.82. The fraction of sp³-hybridized carbons (Fsp3) is 0.296. The molecule has 0 saturated carbocycles. The van der Waals surface area contributed by atoms with Crippen LogP contribution in [-0.4, -0.2) is 35.8 Å². The van der Waals surface area contributed by atoms with Crippen molar-refractivity contribution in [2.24, 2.45) is 5.10 Å². The lowest BCUT2D eigenvalue weighted by molar-refractivity contribution is -0.123. The first kappa shape index (κ1) is 22.5. The standard InChI is InChI=1S/C27H30N4O2/c1-5-14-31-23-12-11-20(15-22(23)19(2)16-27(31,3)4)17-29-30-25(32)18-33-24-10-6-8-21-9-7-13-28-26(21)24/h6-13,15-17H,5,14,18H2,1-4H3,(H,30,32)/b29-17-. The molecule has 1 aliphatic rings. The van der Waals surface area contributed by atoms with Gasteiger partial charge in [0.25, 0.3) is 5.91 Å². The number of hydrogen-bond acceptors (Lipinski definition) is 5. The van der Waals surface area contributed by atoms with E-state index in [1.165, 1.54) is 16.8 Å². The molecule has 0 unspecified atom stereocenters. The van der Waals surface area contributed by atoms with Gasteiger partial charge in [0, 0.05) is 29.4 Å². The number of hydrazone groups is 1. The second kappa shape index (κ2) is 9.45. The van der Waals surface area contributed by atoms with E-state index >= 15 is 0 Å². The zero-order valence-corrected chi connectivity index (χ0v) is 19.6. The average molecular weight is 443 g/mol. The van der Waals surface area contributed by atoms with Crippen LogP contribution in [0.2, 0.25) is 0 Å². The van der Waals surface area contributed by atoms with Crippen molar-refractivity contribution in [2.75, 3.05) is 18.1 Å². The summed E-state index contributed by atoms with van der Waals surface area (Å²) < 4.78 is 5.67. The van der Waals surface area contributed by atoms with E-state index in [1.807, 2.05) is 30.3 Å². The van der Waals surface area contributed by atoms with Gasteiger partial charge in [-0.15, -0.1) is 0 Å². The molecule has 1 aliphatic heterocycles. The Kier molecular flexibility index (Phi) is 6.45. The number of hydrogen-bond donors (Lipinski definition) is 1. The molecule has 0 radical (unpaired) electrons. The molecule has 170 valence electrons. The molecular weight excluding hydrogens is 412 g/mol. The molecule has 2 aromatic carbocycles. The van der Waals surface area contributed by atoms with Crippen molar-refractivity contribution in [1.82, 2.24) is 10.4 Å². The van der Waals surface area contributed by atoms with Crippen LogP contribution in [0.5, 0.6) is 5.75 Å². The van der Waals surface area contributed by atoms with Crippen molar-refractivity contribution < 1.29 is 9.53 Å². The summed E-state index contributed by atoms with van der Waals surface area (Å²) >= 11 is 0. The van der Waals surface area contributed by atoms with Crippen LogP contribution in [0.3, 0.4) is 0 Å². The fourth-order valence-corrected chi connectivity index (χ4v) is 4.36. The lowest BCUT2D eigenvalue weighted by Gasteiger charge is -2.43. The summed E-state index contributed by atoms with van der Waals surface area (Å²) in [5.74, 6) is 0.243. The van der Waals surface area contributed by atoms with E-state index in [2.05, 4.69) is 66.3 Å². The molecular formula is C27H30N4O2.